The van der Waals surface area contributed by atoms with Crippen LogP contribution in [0.25, 0.3) is 0 Å². The van der Waals surface area contributed by atoms with Crippen LogP contribution in [0.3, 0.4) is 0 Å². The molecule has 0 atom stereocenters. The second-order valence-electron chi connectivity index (χ2n) is 3.68. The Kier molecular flexibility index (Phi) is 3.53. The lowest BCUT2D eigenvalue weighted by Gasteiger charge is -2.08. The number of aryl methyl sites for hydroxylation is 1. The molecule has 3 nitrogen and oxygen atoms in total. The largest absolute Gasteiger partial charge is 0.421 e. The highest BCUT2D eigenvalue weighted by Crippen LogP contribution is 2.40. The average molecular weight is 283 g/mol. The molecule has 0 radical (unpaired) electrons. The predicted molar refractivity (Wildman–Crippen MR) is 63.5 cm³/mol. The molecular weight excluding hydrogens is 275 g/mol. The van der Waals surface area contributed by atoms with Crippen molar-refractivity contribution in [1.82, 2.24) is 9.78 Å². The van der Waals surface area contributed by atoms with Crippen molar-refractivity contribution in [1.29, 1.82) is 5.26 Å². The molecule has 2 aromatic rings. The zero-order valence-corrected chi connectivity index (χ0v) is 10.6. The lowest BCUT2D eigenvalue weighted by molar-refractivity contribution is -0.140. The summed E-state index contributed by atoms with van der Waals surface area (Å²) >= 11 is 0.933. The zero-order valence-electron chi connectivity index (χ0n) is 9.77. The Morgan fingerprint density at radius 2 is 1.89 bits per heavy atom. The molecule has 2 rings (SSSR count). The van der Waals surface area contributed by atoms with Crippen LogP contribution in [0.4, 0.5) is 13.2 Å². The molecular formula is C12H8F3N3S. The Morgan fingerprint density at radius 1 is 1.26 bits per heavy atom. The van der Waals surface area contributed by atoms with Crippen molar-refractivity contribution in [2.45, 2.75) is 16.1 Å². The summed E-state index contributed by atoms with van der Waals surface area (Å²) in [4.78, 5) is 0.653. The highest BCUT2D eigenvalue weighted by atomic mass is 32.2. The number of benzene rings is 1. The van der Waals surface area contributed by atoms with E-state index in [0.29, 0.717) is 4.90 Å². The topological polar surface area (TPSA) is 41.6 Å². The fraction of sp³-hybridized carbons (Fsp3) is 0.167. The third-order valence-corrected chi connectivity index (χ3v) is 3.51. The number of halogens is 3. The van der Waals surface area contributed by atoms with Gasteiger partial charge in [0.2, 0.25) is 0 Å². The number of nitrogens with zero attached hydrogens (tertiary/aromatic N) is 3. The van der Waals surface area contributed by atoms with Gasteiger partial charge in [-0.2, -0.15) is 23.5 Å². The molecule has 1 aromatic carbocycles. The molecule has 0 saturated heterocycles. The van der Waals surface area contributed by atoms with E-state index in [0.717, 1.165) is 16.4 Å². The maximum absolute atomic E-state index is 13.0. The van der Waals surface area contributed by atoms with Gasteiger partial charge >= 0.3 is 6.18 Å². The summed E-state index contributed by atoms with van der Waals surface area (Å²) in [5, 5.41) is 12.3. The van der Waals surface area contributed by atoms with E-state index in [9.17, 15) is 13.2 Å². The highest BCUT2D eigenvalue weighted by Gasteiger charge is 2.40. The molecule has 0 aliphatic heterocycles. The van der Waals surface area contributed by atoms with Gasteiger partial charge in [0.25, 0.3) is 0 Å². The van der Waals surface area contributed by atoms with Gasteiger partial charge in [0.1, 0.15) is 16.7 Å². The van der Waals surface area contributed by atoms with Crippen LogP contribution >= 0.6 is 11.8 Å². The minimum absolute atomic E-state index is 0.0877. The van der Waals surface area contributed by atoms with Crippen molar-refractivity contribution in [2.75, 3.05) is 0 Å². The second kappa shape index (κ2) is 4.97. The average Bonchev–Trinajstić information content (AvgIpc) is 2.67. The lowest BCUT2D eigenvalue weighted by Crippen LogP contribution is -2.08. The molecule has 0 aliphatic carbocycles. The van der Waals surface area contributed by atoms with Gasteiger partial charge in [-0.05, 0) is 12.1 Å². The molecule has 0 unspecified atom stereocenters. The van der Waals surface area contributed by atoms with Crippen LogP contribution in [0.1, 0.15) is 11.3 Å². The quantitative estimate of drug-likeness (QED) is 0.847. The van der Waals surface area contributed by atoms with E-state index in [1.807, 2.05) is 0 Å². The van der Waals surface area contributed by atoms with Crippen LogP contribution in [0, 0.1) is 11.3 Å². The van der Waals surface area contributed by atoms with Crippen molar-refractivity contribution >= 4 is 11.8 Å². The summed E-state index contributed by atoms with van der Waals surface area (Å²) < 4.78 is 40.1. The molecule has 0 bridgehead atoms. The van der Waals surface area contributed by atoms with Gasteiger partial charge in [-0.15, -0.1) is 0 Å². The lowest BCUT2D eigenvalue weighted by atomic mass is 10.2. The van der Waals surface area contributed by atoms with Crippen LogP contribution in [0.5, 0.6) is 0 Å². The smallest absolute Gasteiger partial charge is 0.260 e. The number of nitriles is 1. The molecule has 19 heavy (non-hydrogen) atoms. The summed E-state index contributed by atoms with van der Waals surface area (Å²) in [6.07, 6.45) is -4.60. The Bertz CT molecular complexity index is 626. The SMILES string of the molecule is Cn1nc(C#N)c(C(F)(F)F)c1Sc1ccccc1. The maximum Gasteiger partial charge on any atom is 0.421 e. The van der Waals surface area contributed by atoms with Crippen LogP contribution in [0.15, 0.2) is 40.3 Å². The molecule has 0 fully saturated rings. The van der Waals surface area contributed by atoms with E-state index in [2.05, 4.69) is 5.10 Å². The second-order valence-corrected chi connectivity index (χ2v) is 4.74. The van der Waals surface area contributed by atoms with Crippen LogP contribution in [0.2, 0.25) is 0 Å². The first-order valence-corrected chi connectivity index (χ1v) is 6.02. The molecule has 98 valence electrons. The van der Waals surface area contributed by atoms with Crippen molar-refractivity contribution in [3.8, 4) is 6.07 Å². The standard InChI is InChI=1S/C12H8F3N3S/c1-18-11(19-8-5-3-2-4-6-8)10(12(13,14)15)9(7-16)17-18/h2-6H,1H3. The molecule has 0 N–H and O–H groups in total. The number of hydrogen-bond acceptors (Lipinski definition) is 3. The highest BCUT2D eigenvalue weighted by molar-refractivity contribution is 7.99. The van der Waals surface area contributed by atoms with Crippen LogP contribution in [-0.4, -0.2) is 9.78 Å². The van der Waals surface area contributed by atoms with Gasteiger partial charge in [-0.1, -0.05) is 30.0 Å². The Hall–Kier alpha value is -1.94. The first-order chi connectivity index (χ1) is 8.93. The molecule has 0 amide bonds. The first-order valence-electron chi connectivity index (χ1n) is 5.20. The van der Waals surface area contributed by atoms with Crippen LogP contribution < -0.4 is 0 Å². The van der Waals surface area contributed by atoms with E-state index in [-0.39, 0.29) is 5.03 Å². The molecule has 1 heterocycles. The number of aromatic nitrogens is 2. The Morgan fingerprint density at radius 3 is 2.42 bits per heavy atom. The fourth-order valence-electron chi connectivity index (χ4n) is 1.56. The van der Waals surface area contributed by atoms with Gasteiger partial charge in [0, 0.05) is 11.9 Å². The van der Waals surface area contributed by atoms with Gasteiger partial charge in [0.15, 0.2) is 5.69 Å². The van der Waals surface area contributed by atoms with Crippen molar-refractivity contribution in [3.63, 3.8) is 0 Å². The van der Waals surface area contributed by atoms with Gasteiger partial charge in [0.05, 0.1) is 0 Å². The van der Waals surface area contributed by atoms with Crippen LogP contribution in [-0.2, 0) is 13.2 Å². The minimum atomic E-state index is -4.60. The van der Waals surface area contributed by atoms with E-state index in [1.54, 1.807) is 30.3 Å². The monoisotopic (exact) mass is 283 g/mol. The number of rotatable bonds is 2. The third kappa shape index (κ3) is 2.74. The van der Waals surface area contributed by atoms with Gasteiger partial charge in [-0.3, -0.25) is 4.68 Å². The van der Waals surface area contributed by atoms with Crippen molar-refractivity contribution in [2.24, 2.45) is 7.05 Å². The summed E-state index contributed by atoms with van der Waals surface area (Å²) in [5.41, 5.74) is -1.58. The molecule has 7 heteroatoms. The fourth-order valence-corrected chi connectivity index (χ4v) is 2.56. The van der Waals surface area contributed by atoms with E-state index < -0.39 is 17.4 Å². The van der Waals surface area contributed by atoms with E-state index in [1.165, 1.54) is 13.1 Å². The molecule has 1 aromatic heterocycles. The summed E-state index contributed by atoms with van der Waals surface area (Å²) in [6.45, 7) is 0. The summed E-state index contributed by atoms with van der Waals surface area (Å²) in [7, 11) is 1.39. The summed E-state index contributed by atoms with van der Waals surface area (Å²) in [5.74, 6) is 0. The Labute approximate surface area is 111 Å². The molecule has 0 saturated carbocycles. The first kappa shape index (κ1) is 13.5. The minimum Gasteiger partial charge on any atom is -0.260 e. The van der Waals surface area contributed by atoms with E-state index >= 15 is 0 Å². The third-order valence-electron chi connectivity index (χ3n) is 2.34. The number of alkyl halides is 3. The van der Waals surface area contributed by atoms with Gasteiger partial charge < -0.3 is 0 Å². The normalized spacial score (nSPS) is 11.3. The zero-order chi connectivity index (χ0) is 14.0. The van der Waals surface area contributed by atoms with Gasteiger partial charge in [-0.25, -0.2) is 0 Å². The van der Waals surface area contributed by atoms with Crippen molar-refractivity contribution < 1.29 is 13.2 Å². The Balaban J connectivity index is 2.52. The maximum atomic E-state index is 13.0. The molecule has 0 spiro atoms. The predicted octanol–water partition coefficient (Wildman–Crippen LogP) is 3.46. The number of hydrogen-bond donors (Lipinski definition) is 0. The molecule has 0 aliphatic rings. The van der Waals surface area contributed by atoms with Crippen molar-refractivity contribution in [3.05, 3.63) is 41.6 Å². The summed E-state index contributed by atoms with van der Waals surface area (Å²) in [6, 6.07) is 10.1. The van der Waals surface area contributed by atoms with E-state index in [4.69, 9.17) is 5.26 Å².